The van der Waals surface area contributed by atoms with Crippen molar-refractivity contribution in [2.45, 2.75) is 33.3 Å². The second kappa shape index (κ2) is 8.34. The molecule has 1 aromatic heterocycles. The fourth-order valence-corrected chi connectivity index (χ4v) is 2.74. The highest BCUT2D eigenvalue weighted by atomic mass is 16.5. The molecule has 0 spiro atoms. The molecule has 0 aliphatic rings. The van der Waals surface area contributed by atoms with Gasteiger partial charge in [0, 0.05) is 30.7 Å². The molecule has 1 aromatic carbocycles. The van der Waals surface area contributed by atoms with Crippen LogP contribution in [0.3, 0.4) is 0 Å². The highest BCUT2D eigenvalue weighted by molar-refractivity contribution is 5.92. The second-order valence-electron chi connectivity index (χ2n) is 6.21. The molecular weight excluding hydrogens is 330 g/mol. The van der Waals surface area contributed by atoms with Crippen LogP contribution in [0, 0.1) is 25.2 Å². The first-order chi connectivity index (χ1) is 12.3. The Morgan fingerprint density at radius 3 is 2.27 bits per heavy atom. The monoisotopic (exact) mass is 353 g/mol. The minimum absolute atomic E-state index is 0.239. The minimum Gasteiger partial charge on any atom is -0.449 e. The first-order valence-corrected chi connectivity index (χ1v) is 8.43. The van der Waals surface area contributed by atoms with E-state index in [-0.39, 0.29) is 12.3 Å². The molecule has 0 N–H and O–H groups in total. The fraction of sp³-hybridized carbons (Fsp3) is 0.350. The van der Waals surface area contributed by atoms with Crippen molar-refractivity contribution < 1.29 is 14.3 Å². The standard InChI is InChI=1S/C20H23N3O3/c1-14-6-7-15(2)23(14)18-10-8-17(9-11-18)20(25)26-16(3)19(24)22(4)13-5-12-21/h6-11,16H,5,13H2,1-4H3/t16-/m1/s1. The number of ether oxygens (including phenoxy) is 1. The van der Waals surface area contributed by atoms with E-state index in [9.17, 15) is 9.59 Å². The van der Waals surface area contributed by atoms with Crippen LogP contribution in [0.25, 0.3) is 5.69 Å². The first-order valence-electron chi connectivity index (χ1n) is 8.43. The van der Waals surface area contributed by atoms with Gasteiger partial charge in [0.2, 0.25) is 0 Å². The van der Waals surface area contributed by atoms with Crippen LogP contribution in [0.4, 0.5) is 0 Å². The van der Waals surface area contributed by atoms with Crippen molar-refractivity contribution in [3.63, 3.8) is 0 Å². The van der Waals surface area contributed by atoms with Crippen molar-refractivity contribution >= 4 is 11.9 Å². The topological polar surface area (TPSA) is 75.3 Å². The molecule has 1 atom stereocenters. The molecule has 2 aromatic rings. The predicted octanol–water partition coefficient (Wildman–Crippen LogP) is 3.01. The lowest BCUT2D eigenvalue weighted by Gasteiger charge is -2.20. The molecule has 2 rings (SSSR count). The number of likely N-dealkylation sites (N-methyl/N-ethyl adjacent to an activating group) is 1. The summed E-state index contributed by atoms with van der Waals surface area (Å²) in [4.78, 5) is 25.8. The van der Waals surface area contributed by atoms with Crippen molar-refractivity contribution in [2.75, 3.05) is 13.6 Å². The number of benzene rings is 1. The predicted molar refractivity (Wildman–Crippen MR) is 98.0 cm³/mol. The average molecular weight is 353 g/mol. The lowest BCUT2D eigenvalue weighted by molar-refractivity contribution is -0.138. The van der Waals surface area contributed by atoms with Crippen LogP contribution in [0.2, 0.25) is 0 Å². The Morgan fingerprint density at radius 2 is 1.73 bits per heavy atom. The van der Waals surface area contributed by atoms with Crippen molar-refractivity contribution in [1.29, 1.82) is 5.26 Å². The Morgan fingerprint density at radius 1 is 1.15 bits per heavy atom. The van der Waals surface area contributed by atoms with Gasteiger partial charge in [-0.25, -0.2) is 4.79 Å². The third-order valence-electron chi connectivity index (χ3n) is 4.20. The highest BCUT2D eigenvalue weighted by Crippen LogP contribution is 2.17. The summed E-state index contributed by atoms with van der Waals surface area (Å²) in [6.07, 6.45) is -0.664. The van der Waals surface area contributed by atoms with Crippen molar-refractivity contribution in [2.24, 2.45) is 0 Å². The third kappa shape index (κ3) is 4.31. The van der Waals surface area contributed by atoms with E-state index in [0.29, 0.717) is 12.1 Å². The molecule has 6 nitrogen and oxygen atoms in total. The molecule has 1 amide bonds. The lowest BCUT2D eigenvalue weighted by atomic mass is 10.2. The molecule has 1 heterocycles. The molecule has 26 heavy (non-hydrogen) atoms. The van der Waals surface area contributed by atoms with Gasteiger partial charge in [-0.05, 0) is 57.2 Å². The number of aryl methyl sites for hydroxylation is 2. The van der Waals surface area contributed by atoms with Crippen LogP contribution in [0.15, 0.2) is 36.4 Å². The quantitative estimate of drug-likeness (QED) is 0.748. The van der Waals surface area contributed by atoms with E-state index >= 15 is 0 Å². The molecule has 0 unspecified atom stereocenters. The van der Waals surface area contributed by atoms with Crippen LogP contribution < -0.4 is 0 Å². The summed E-state index contributed by atoms with van der Waals surface area (Å²) in [5.41, 5.74) is 3.56. The summed E-state index contributed by atoms with van der Waals surface area (Å²) in [6, 6.07) is 13.1. The van der Waals surface area contributed by atoms with Crippen molar-refractivity contribution in [3.05, 3.63) is 53.3 Å². The fourth-order valence-electron chi connectivity index (χ4n) is 2.74. The SMILES string of the molecule is Cc1ccc(C)n1-c1ccc(C(=O)O[C@H](C)C(=O)N(C)CCC#N)cc1. The number of aromatic nitrogens is 1. The minimum atomic E-state index is -0.903. The van der Waals surface area contributed by atoms with E-state index < -0.39 is 12.1 Å². The summed E-state index contributed by atoms with van der Waals surface area (Å²) >= 11 is 0. The normalized spacial score (nSPS) is 11.5. The van der Waals surface area contributed by atoms with Gasteiger partial charge in [-0.2, -0.15) is 5.26 Å². The van der Waals surface area contributed by atoms with E-state index in [2.05, 4.69) is 4.57 Å². The Labute approximate surface area is 153 Å². The van der Waals surface area contributed by atoms with E-state index in [1.807, 2.05) is 44.2 Å². The molecule has 0 saturated heterocycles. The van der Waals surface area contributed by atoms with Gasteiger partial charge in [0.15, 0.2) is 6.10 Å². The van der Waals surface area contributed by atoms with Gasteiger partial charge in [0.1, 0.15) is 0 Å². The number of carbonyl (C=O) groups excluding carboxylic acids is 2. The van der Waals surface area contributed by atoms with Crippen molar-refractivity contribution in [1.82, 2.24) is 9.47 Å². The van der Waals surface area contributed by atoms with E-state index in [1.54, 1.807) is 19.2 Å². The van der Waals surface area contributed by atoms with Gasteiger partial charge in [-0.1, -0.05) is 0 Å². The highest BCUT2D eigenvalue weighted by Gasteiger charge is 2.22. The average Bonchev–Trinajstić information content (AvgIpc) is 2.97. The van der Waals surface area contributed by atoms with Gasteiger partial charge in [0.25, 0.3) is 5.91 Å². The first kappa shape index (κ1) is 19.3. The number of nitriles is 1. The summed E-state index contributed by atoms with van der Waals surface area (Å²) in [5, 5.41) is 8.58. The van der Waals surface area contributed by atoms with Crippen LogP contribution in [-0.4, -0.2) is 41.0 Å². The van der Waals surface area contributed by atoms with E-state index in [0.717, 1.165) is 17.1 Å². The molecule has 0 bridgehead atoms. The molecular formula is C20H23N3O3. The molecule has 136 valence electrons. The van der Waals surface area contributed by atoms with Crippen LogP contribution in [-0.2, 0) is 9.53 Å². The molecule has 0 aliphatic heterocycles. The molecule has 6 heteroatoms. The Bertz CT molecular complexity index is 811. The Balaban J connectivity index is 2.04. The molecule has 0 saturated carbocycles. The Hall–Kier alpha value is -3.07. The maximum Gasteiger partial charge on any atom is 0.338 e. The summed E-state index contributed by atoms with van der Waals surface area (Å²) in [7, 11) is 1.58. The maximum absolute atomic E-state index is 12.3. The van der Waals surface area contributed by atoms with E-state index in [1.165, 1.54) is 11.8 Å². The van der Waals surface area contributed by atoms with Crippen LogP contribution in [0.5, 0.6) is 0 Å². The zero-order valence-electron chi connectivity index (χ0n) is 15.5. The van der Waals surface area contributed by atoms with Gasteiger partial charge < -0.3 is 14.2 Å². The van der Waals surface area contributed by atoms with Crippen molar-refractivity contribution in [3.8, 4) is 11.8 Å². The van der Waals surface area contributed by atoms with E-state index in [4.69, 9.17) is 10.00 Å². The van der Waals surface area contributed by atoms with Gasteiger partial charge >= 0.3 is 5.97 Å². The molecule has 0 aliphatic carbocycles. The number of rotatable bonds is 6. The number of amides is 1. The summed E-state index contributed by atoms with van der Waals surface area (Å²) < 4.78 is 7.35. The van der Waals surface area contributed by atoms with Gasteiger partial charge in [-0.15, -0.1) is 0 Å². The number of hydrogen-bond donors (Lipinski definition) is 0. The van der Waals surface area contributed by atoms with Crippen LogP contribution in [0.1, 0.15) is 35.1 Å². The maximum atomic E-state index is 12.3. The number of esters is 1. The largest absolute Gasteiger partial charge is 0.449 e. The lowest BCUT2D eigenvalue weighted by Crippen LogP contribution is -2.37. The summed E-state index contributed by atoms with van der Waals surface area (Å²) in [5.74, 6) is -0.879. The molecule has 0 radical (unpaired) electrons. The second-order valence-corrected chi connectivity index (χ2v) is 6.21. The zero-order valence-corrected chi connectivity index (χ0v) is 15.5. The number of hydrogen-bond acceptors (Lipinski definition) is 4. The van der Waals surface area contributed by atoms with Crippen LogP contribution >= 0.6 is 0 Å². The Kier molecular flexibility index (Phi) is 6.18. The summed E-state index contributed by atoms with van der Waals surface area (Å²) in [6.45, 7) is 5.88. The zero-order chi connectivity index (χ0) is 19.3. The van der Waals surface area contributed by atoms with Gasteiger partial charge in [0.05, 0.1) is 18.1 Å². The number of carbonyl (C=O) groups is 2. The number of nitrogens with zero attached hydrogens (tertiary/aromatic N) is 3. The molecule has 0 fully saturated rings. The smallest absolute Gasteiger partial charge is 0.338 e. The third-order valence-corrected chi connectivity index (χ3v) is 4.20. The van der Waals surface area contributed by atoms with Gasteiger partial charge in [-0.3, -0.25) is 4.79 Å².